The van der Waals surface area contributed by atoms with Crippen LogP contribution in [-0.4, -0.2) is 58.6 Å². The number of carbonyl (C=O) groups is 1. The van der Waals surface area contributed by atoms with Gasteiger partial charge in [-0.15, -0.1) is 0 Å². The van der Waals surface area contributed by atoms with Crippen molar-refractivity contribution >= 4 is 11.8 Å². The SMILES string of the molecule is CC(C)(C)C1CN(C(=O)O)CCc2cc(-c3noc(-c4ccc(N5CCC(F)C5)c(C#N)c4)n3)ccc21. The molecule has 1 amide bonds. The Kier molecular flexibility index (Phi) is 6.36. The van der Waals surface area contributed by atoms with Gasteiger partial charge < -0.3 is 19.4 Å². The van der Waals surface area contributed by atoms with Crippen LogP contribution < -0.4 is 4.90 Å². The van der Waals surface area contributed by atoms with Gasteiger partial charge in [0.15, 0.2) is 0 Å². The first kappa shape index (κ1) is 24.8. The predicted octanol–water partition coefficient (Wildman–Crippen LogP) is 5.49. The van der Waals surface area contributed by atoms with Crippen LogP contribution in [0.25, 0.3) is 22.8 Å². The minimum atomic E-state index is -0.901. The molecular formula is C28H30FN5O3. The van der Waals surface area contributed by atoms with Crippen LogP contribution in [0, 0.1) is 16.7 Å². The minimum absolute atomic E-state index is 0.0576. The van der Waals surface area contributed by atoms with Gasteiger partial charge in [-0.05, 0) is 53.6 Å². The predicted molar refractivity (Wildman–Crippen MR) is 137 cm³/mol. The van der Waals surface area contributed by atoms with Gasteiger partial charge in [-0.2, -0.15) is 10.2 Å². The summed E-state index contributed by atoms with van der Waals surface area (Å²) in [6.45, 7) is 8.15. The molecule has 2 aliphatic heterocycles. The Bertz CT molecular complexity index is 1370. The lowest BCUT2D eigenvalue weighted by Gasteiger charge is -2.33. The summed E-state index contributed by atoms with van der Waals surface area (Å²) >= 11 is 0. The van der Waals surface area contributed by atoms with Gasteiger partial charge in [0.25, 0.3) is 5.89 Å². The van der Waals surface area contributed by atoms with Crippen molar-refractivity contribution in [3.63, 3.8) is 0 Å². The van der Waals surface area contributed by atoms with E-state index in [1.165, 1.54) is 4.90 Å². The highest BCUT2D eigenvalue weighted by atomic mass is 19.1. The molecule has 37 heavy (non-hydrogen) atoms. The number of fused-ring (bicyclic) bond motifs is 1. The zero-order valence-electron chi connectivity index (χ0n) is 21.2. The maximum Gasteiger partial charge on any atom is 0.407 e. The average Bonchev–Trinajstić information content (AvgIpc) is 3.47. The van der Waals surface area contributed by atoms with Crippen molar-refractivity contribution in [2.45, 2.75) is 45.7 Å². The van der Waals surface area contributed by atoms with Crippen LogP contribution in [0.3, 0.4) is 0 Å². The van der Waals surface area contributed by atoms with Crippen LogP contribution in [0.5, 0.6) is 0 Å². The van der Waals surface area contributed by atoms with E-state index in [4.69, 9.17) is 4.52 Å². The number of anilines is 1. The van der Waals surface area contributed by atoms with Crippen molar-refractivity contribution in [3.8, 4) is 28.9 Å². The van der Waals surface area contributed by atoms with Gasteiger partial charge >= 0.3 is 6.09 Å². The number of rotatable bonds is 3. The van der Waals surface area contributed by atoms with Crippen LogP contribution in [0.4, 0.5) is 14.9 Å². The highest BCUT2D eigenvalue weighted by molar-refractivity contribution is 5.69. The van der Waals surface area contributed by atoms with Gasteiger partial charge in [-0.1, -0.05) is 38.1 Å². The molecule has 0 bridgehead atoms. The number of halogens is 1. The molecule has 1 N–H and O–H groups in total. The van der Waals surface area contributed by atoms with Gasteiger partial charge in [0, 0.05) is 43.2 Å². The molecule has 1 aromatic heterocycles. The lowest BCUT2D eigenvalue weighted by atomic mass is 9.75. The van der Waals surface area contributed by atoms with Crippen LogP contribution in [0.2, 0.25) is 0 Å². The number of hydrogen-bond acceptors (Lipinski definition) is 6. The largest absolute Gasteiger partial charge is 0.465 e. The van der Waals surface area contributed by atoms with Crippen molar-refractivity contribution in [1.29, 1.82) is 5.26 Å². The van der Waals surface area contributed by atoms with Gasteiger partial charge in [0.2, 0.25) is 5.82 Å². The Labute approximate surface area is 215 Å². The number of hydrogen-bond donors (Lipinski definition) is 1. The van der Waals surface area contributed by atoms with Crippen molar-refractivity contribution in [2.24, 2.45) is 5.41 Å². The molecule has 0 radical (unpaired) electrons. The molecule has 0 aliphatic carbocycles. The number of nitriles is 1. The Morgan fingerprint density at radius 1 is 1.16 bits per heavy atom. The van der Waals surface area contributed by atoms with E-state index in [1.54, 1.807) is 12.1 Å². The highest BCUT2D eigenvalue weighted by Gasteiger charge is 2.34. The Hall–Kier alpha value is -3.93. The van der Waals surface area contributed by atoms with E-state index < -0.39 is 12.3 Å². The van der Waals surface area contributed by atoms with E-state index in [0.717, 1.165) is 16.7 Å². The quantitative estimate of drug-likeness (QED) is 0.504. The number of aromatic nitrogens is 2. The monoisotopic (exact) mass is 503 g/mol. The van der Waals surface area contributed by atoms with Crippen molar-refractivity contribution in [2.75, 3.05) is 31.1 Å². The van der Waals surface area contributed by atoms with Gasteiger partial charge in [-0.25, -0.2) is 9.18 Å². The first-order chi connectivity index (χ1) is 17.6. The molecular weight excluding hydrogens is 473 g/mol. The fraction of sp³-hybridized carbons (Fsp3) is 0.429. The molecule has 1 saturated heterocycles. The molecule has 192 valence electrons. The zero-order chi connectivity index (χ0) is 26.3. The molecule has 8 nitrogen and oxygen atoms in total. The van der Waals surface area contributed by atoms with E-state index in [0.29, 0.717) is 61.0 Å². The molecule has 1 fully saturated rings. The number of benzene rings is 2. The van der Waals surface area contributed by atoms with Crippen LogP contribution in [0.15, 0.2) is 40.9 Å². The summed E-state index contributed by atoms with van der Waals surface area (Å²) < 4.78 is 19.2. The minimum Gasteiger partial charge on any atom is -0.465 e. The molecule has 2 atom stereocenters. The number of amides is 1. The summed E-state index contributed by atoms with van der Waals surface area (Å²) in [4.78, 5) is 19.7. The van der Waals surface area contributed by atoms with Crippen molar-refractivity contribution < 1.29 is 18.8 Å². The lowest BCUT2D eigenvalue weighted by Crippen LogP contribution is -2.36. The lowest BCUT2D eigenvalue weighted by molar-refractivity contribution is 0.135. The van der Waals surface area contributed by atoms with E-state index in [1.807, 2.05) is 23.1 Å². The third-order valence-corrected chi connectivity index (χ3v) is 7.41. The number of alkyl halides is 1. The smallest absolute Gasteiger partial charge is 0.407 e. The van der Waals surface area contributed by atoms with E-state index in [2.05, 4.69) is 43.0 Å². The summed E-state index contributed by atoms with van der Waals surface area (Å²) in [7, 11) is 0. The molecule has 9 heteroatoms. The topological polar surface area (TPSA) is 106 Å². The molecule has 2 unspecified atom stereocenters. The second-order valence-electron chi connectivity index (χ2n) is 10.9. The molecule has 5 rings (SSSR count). The summed E-state index contributed by atoms with van der Waals surface area (Å²) in [5, 5.41) is 23.5. The second-order valence-corrected chi connectivity index (χ2v) is 10.9. The Morgan fingerprint density at radius 3 is 2.62 bits per heavy atom. The summed E-state index contributed by atoms with van der Waals surface area (Å²) in [6.07, 6.45) is -0.708. The number of carboxylic acid groups (broad SMARTS) is 1. The fourth-order valence-corrected chi connectivity index (χ4v) is 5.31. The van der Waals surface area contributed by atoms with Crippen molar-refractivity contribution in [3.05, 3.63) is 53.1 Å². The fourth-order valence-electron chi connectivity index (χ4n) is 5.31. The average molecular weight is 504 g/mol. The summed E-state index contributed by atoms with van der Waals surface area (Å²) in [5.74, 6) is 0.774. The third kappa shape index (κ3) is 4.88. The molecule has 3 heterocycles. The maximum atomic E-state index is 13.7. The first-order valence-corrected chi connectivity index (χ1v) is 12.5. The van der Waals surface area contributed by atoms with E-state index >= 15 is 0 Å². The normalized spacial score (nSPS) is 19.9. The second kappa shape index (κ2) is 9.51. The molecule has 0 saturated carbocycles. The van der Waals surface area contributed by atoms with Crippen LogP contribution >= 0.6 is 0 Å². The van der Waals surface area contributed by atoms with Crippen molar-refractivity contribution in [1.82, 2.24) is 15.0 Å². The molecule has 2 aromatic carbocycles. The zero-order valence-corrected chi connectivity index (χ0v) is 21.2. The number of nitrogens with zero attached hydrogens (tertiary/aromatic N) is 5. The molecule has 0 spiro atoms. The highest BCUT2D eigenvalue weighted by Crippen LogP contribution is 2.40. The Balaban J connectivity index is 1.44. The van der Waals surface area contributed by atoms with E-state index in [9.17, 15) is 19.6 Å². The molecule has 3 aromatic rings. The Morgan fingerprint density at radius 2 is 1.95 bits per heavy atom. The van der Waals surface area contributed by atoms with Gasteiger partial charge in [0.1, 0.15) is 12.2 Å². The van der Waals surface area contributed by atoms with Crippen LogP contribution in [-0.2, 0) is 6.42 Å². The summed E-state index contributed by atoms with van der Waals surface area (Å²) in [5.41, 5.74) is 4.67. The van der Waals surface area contributed by atoms with Crippen LogP contribution in [0.1, 0.15) is 49.8 Å². The third-order valence-electron chi connectivity index (χ3n) is 7.41. The maximum absolute atomic E-state index is 13.7. The summed E-state index contributed by atoms with van der Waals surface area (Å²) in [6, 6.07) is 13.5. The standard InChI is InChI=1S/C28H30FN5O3/c1-28(2,3)23-16-34(27(35)36)10-8-17-12-18(4-6-22(17)23)25-31-26(37-32-25)19-5-7-24(20(13-19)14-30)33-11-9-21(29)15-33/h4-7,12-13,21,23H,8-11,15-16H2,1-3H3,(H,35,36). The van der Waals surface area contributed by atoms with Gasteiger partial charge in [-0.3, -0.25) is 0 Å². The van der Waals surface area contributed by atoms with E-state index in [-0.39, 0.29) is 17.9 Å². The first-order valence-electron chi connectivity index (χ1n) is 12.5. The van der Waals surface area contributed by atoms with Gasteiger partial charge in [0.05, 0.1) is 11.3 Å². The molecule has 2 aliphatic rings.